The third kappa shape index (κ3) is 1.61. The van der Waals surface area contributed by atoms with Gasteiger partial charge in [0.1, 0.15) is 5.65 Å². The van der Waals surface area contributed by atoms with Crippen molar-refractivity contribution in [3.05, 3.63) is 39.5 Å². The zero-order valence-corrected chi connectivity index (χ0v) is 8.75. The molecule has 0 aliphatic heterocycles. The van der Waals surface area contributed by atoms with E-state index in [2.05, 4.69) is 4.98 Å². The second-order valence-electron chi connectivity index (χ2n) is 3.10. The van der Waals surface area contributed by atoms with E-state index in [0.29, 0.717) is 12.2 Å². The van der Waals surface area contributed by atoms with Crippen LogP contribution < -0.4 is 5.43 Å². The van der Waals surface area contributed by atoms with Crippen molar-refractivity contribution < 1.29 is 4.39 Å². The molecule has 0 fully saturated rings. The molecule has 0 amide bonds. The van der Waals surface area contributed by atoms with E-state index in [-0.39, 0.29) is 16.0 Å². The monoisotopic (exact) mass is 226 g/mol. The number of fused-ring (bicyclic) bond motifs is 1. The fourth-order valence-corrected chi connectivity index (χ4v) is 1.57. The Morgan fingerprint density at radius 2 is 2.33 bits per heavy atom. The van der Waals surface area contributed by atoms with Crippen LogP contribution in [0.3, 0.4) is 0 Å². The van der Waals surface area contributed by atoms with Gasteiger partial charge in [-0.05, 0) is 13.0 Å². The van der Waals surface area contributed by atoms with Crippen LogP contribution in [0.1, 0.15) is 6.92 Å². The van der Waals surface area contributed by atoms with Crippen LogP contribution in [0.15, 0.2) is 23.1 Å². The summed E-state index contributed by atoms with van der Waals surface area (Å²) in [7, 11) is 0. The molecule has 2 rings (SSSR count). The van der Waals surface area contributed by atoms with Gasteiger partial charge in [-0.3, -0.25) is 4.79 Å². The van der Waals surface area contributed by atoms with E-state index in [9.17, 15) is 9.18 Å². The summed E-state index contributed by atoms with van der Waals surface area (Å²) in [5, 5.41) is 0.0385. The first-order valence-corrected chi connectivity index (χ1v) is 4.86. The van der Waals surface area contributed by atoms with Crippen molar-refractivity contribution in [2.24, 2.45) is 0 Å². The van der Waals surface area contributed by atoms with Crippen molar-refractivity contribution in [3.63, 3.8) is 0 Å². The Kier molecular flexibility index (Phi) is 2.44. The fourth-order valence-electron chi connectivity index (χ4n) is 1.43. The molecule has 0 saturated heterocycles. The first-order valence-electron chi connectivity index (χ1n) is 4.48. The molecule has 15 heavy (non-hydrogen) atoms. The quantitative estimate of drug-likeness (QED) is 0.699. The number of nitrogens with zero attached hydrogens (tertiary/aromatic N) is 2. The average molecular weight is 227 g/mol. The van der Waals surface area contributed by atoms with E-state index >= 15 is 0 Å². The summed E-state index contributed by atoms with van der Waals surface area (Å²) in [4.78, 5) is 15.3. The molecule has 0 unspecified atom stereocenters. The van der Waals surface area contributed by atoms with Crippen LogP contribution in [-0.2, 0) is 6.54 Å². The smallest absolute Gasteiger partial charge is 0.191 e. The molecule has 3 nitrogen and oxygen atoms in total. The number of pyridine rings is 2. The summed E-state index contributed by atoms with van der Waals surface area (Å²) in [6.45, 7) is 2.55. The molecule has 5 heteroatoms. The highest BCUT2D eigenvalue weighted by molar-refractivity contribution is 6.29. The summed E-state index contributed by atoms with van der Waals surface area (Å²) in [5.41, 5.74) is 0.161. The normalized spacial score (nSPS) is 10.9. The lowest BCUT2D eigenvalue weighted by molar-refractivity contribution is 0.623. The van der Waals surface area contributed by atoms with Crippen LogP contribution in [0.4, 0.5) is 4.39 Å². The number of hydrogen-bond donors (Lipinski definition) is 0. The zero-order chi connectivity index (χ0) is 11.0. The Labute approximate surface area is 90.1 Å². The van der Waals surface area contributed by atoms with Crippen molar-refractivity contribution >= 4 is 22.6 Å². The number of halogens is 2. The Morgan fingerprint density at radius 1 is 1.60 bits per heavy atom. The van der Waals surface area contributed by atoms with E-state index in [1.54, 1.807) is 10.8 Å². The molecule has 0 aromatic carbocycles. The number of aromatic nitrogens is 2. The van der Waals surface area contributed by atoms with Gasteiger partial charge in [-0.15, -0.1) is 0 Å². The van der Waals surface area contributed by atoms with Crippen LogP contribution in [0, 0.1) is 5.82 Å². The Bertz CT molecular complexity index is 579. The van der Waals surface area contributed by atoms with Crippen LogP contribution in [0.2, 0.25) is 5.15 Å². The maximum atomic E-state index is 13.1. The topological polar surface area (TPSA) is 34.9 Å². The lowest BCUT2D eigenvalue weighted by Crippen LogP contribution is -2.09. The lowest BCUT2D eigenvalue weighted by atomic mass is 10.2. The Hall–Kier alpha value is -1.42. The first-order chi connectivity index (χ1) is 7.13. The zero-order valence-electron chi connectivity index (χ0n) is 8.00. The molecule has 78 valence electrons. The highest BCUT2D eigenvalue weighted by Crippen LogP contribution is 2.16. The third-order valence-corrected chi connectivity index (χ3v) is 2.46. The van der Waals surface area contributed by atoms with Gasteiger partial charge in [-0.25, -0.2) is 9.37 Å². The van der Waals surface area contributed by atoms with Crippen molar-refractivity contribution in [3.8, 4) is 0 Å². The summed E-state index contributed by atoms with van der Waals surface area (Å²) >= 11 is 5.57. The van der Waals surface area contributed by atoms with E-state index in [1.165, 1.54) is 6.07 Å². The predicted octanol–water partition coefficient (Wildman–Crippen LogP) is 2.21. The molecule has 0 aliphatic carbocycles. The lowest BCUT2D eigenvalue weighted by Gasteiger charge is -2.06. The maximum absolute atomic E-state index is 13.1. The highest BCUT2D eigenvalue weighted by Gasteiger charge is 2.08. The van der Waals surface area contributed by atoms with Gasteiger partial charge in [-0.2, -0.15) is 0 Å². The molecule has 2 heterocycles. The second-order valence-corrected chi connectivity index (χ2v) is 3.46. The van der Waals surface area contributed by atoms with Crippen LogP contribution in [-0.4, -0.2) is 9.55 Å². The van der Waals surface area contributed by atoms with E-state index in [0.717, 1.165) is 6.07 Å². The molecule has 2 aromatic heterocycles. The summed E-state index contributed by atoms with van der Waals surface area (Å²) in [6.07, 6.45) is 1.62. The van der Waals surface area contributed by atoms with Gasteiger partial charge in [0, 0.05) is 18.8 Å². The van der Waals surface area contributed by atoms with Crippen LogP contribution in [0.25, 0.3) is 11.0 Å². The van der Waals surface area contributed by atoms with Gasteiger partial charge in [-0.1, -0.05) is 11.6 Å². The van der Waals surface area contributed by atoms with Gasteiger partial charge >= 0.3 is 0 Å². The van der Waals surface area contributed by atoms with Gasteiger partial charge in [0.05, 0.1) is 5.39 Å². The molecule has 0 atom stereocenters. The molecule has 0 radical (unpaired) electrons. The van der Waals surface area contributed by atoms with Crippen molar-refractivity contribution in [2.75, 3.05) is 0 Å². The number of rotatable bonds is 1. The molecule has 0 aliphatic rings. The van der Waals surface area contributed by atoms with Gasteiger partial charge in [0.2, 0.25) is 0 Å². The molecule has 0 N–H and O–H groups in total. The maximum Gasteiger partial charge on any atom is 0.191 e. The second kappa shape index (κ2) is 3.62. The van der Waals surface area contributed by atoms with Crippen molar-refractivity contribution in [1.82, 2.24) is 9.55 Å². The van der Waals surface area contributed by atoms with Gasteiger partial charge < -0.3 is 4.57 Å². The van der Waals surface area contributed by atoms with Crippen molar-refractivity contribution in [1.29, 1.82) is 0 Å². The fraction of sp³-hybridized carbons (Fsp3) is 0.200. The van der Waals surface area contributed by atoms with E-state index in [1.807, 2.05) is 6.92 Å². The van der Waals surface area contributed by atoms with Crippen molar-refractivity contribution in [2.45, 2.75) is 13.5 Å². The SMILES string of the molecule is CCn1ccc(=O)c2cc(F)c(Cl)nc21. The Morgan fingerprint density at radius 3 is 3.00 bits per heavy atom. The van der Waals surface area contributed by atoms with E-state index in [4.69, 9.17) is 11.6 Å². The summed E-state index contributed by atoms with van der Waals surface area (Å²) in [6, 6.07) is 2.51. The minimum absolute atomic E-state index is 0.213. The van der Waals surface area contributed by atoms with Gasteiger partial charge in [0.15, 0.2) is 16.4 Å². The summed E-state index contributed by atoms with van der Waals surface area (Å²) < 4.78 is 14.9. The molecule has 0 bridgehead atoms. The first kappa shape index (κ1) is 10.1. The Balaban J connectivity index is 2.95. The minimum Gasteiger partial charge on any atom is -0.333 e. The van der Waals surface area contributed by atoms with E-state index < -0.39 is 5.82 Å². The predicted molar refractivity (Wildman–Crippen MR) is 56.6 cm³/mol. The van der Waals surface area contributed by atoms with Crippen LogP contribution >= 0.6 is 11.6 Å². The largest absolute Gasteiger partial charge is 0.333 e. The molecule has 0 spiro atoms. The number of hydrogen-bond acceptors (Lipinski definition) is 2. The summed E-state index contributed by atoms with van der Waals surface area (Å²) in [5.74, 6) is -0.671. The van der Waals surface area contributed by atoms with Gasteiger partial charge in [0.25, 0.3) is 0 Å². The molecular weight excluding hydrogens is 219 g/mol. The van der Waals surface area contributed by atoms with Crippen LogP contribution in [0.5, 0.6) is 0 Å². The molecule has 2 aromatic rings. The molecular formula is C10H8ClFN2O. The molecule has 0 saturated carbocycles. The third-order valence-electron chi connectivity index (χ3n) is 2.20. The standard InChI is InChI=1S/C10H8ClFN2O/c1-2-14-4-3-8(15)6-5-7(12)9(11)13-10(6)14/h3-5H,2H2,1H3. The minimum atomic E-state index is -0.671. The average Bonchev–Trinajstić information content (AvgIpc) is 2.22. The highest BCUT2D eigenvalue weighted by atomic mass is 35.5. The number of aryl methyl sites for hydroxylation is 1.